The van der Waals surface area contributed by atoms with Crippen molar-refractivity contribution in [2.75, 3.05) is 0 Å². The Balaban J connectivity index is 2.21. The Morgan fingerprint density at radius 1 is 1.04 bits per heavy atom. The molecule has 0 aliphatic carbocycles. The number of amides is 2. The fourth-order valence-electron chi connectivity index (χ4n) is 2.75. The van der Waals surface area contributed by atoms with E-state index in [4.69, 9.17) is 11.6 Å². The number of hydrogen-bond acceptors (Lipinski definition) is 2. The molecule has 0 spiro atoms. The molecule has 0 bridgehead atoms. The zero-order valence-corrected chi connectivity index (χ0v) is 16.9. The van der Waals surface area contributed by atoms with E-state index in [2.05, 4.69) is 5.32 Å². The molecule has 0 saturated carbocycles. The largest absolute Gasteiger partial charge is 0.352 e. The molecule has 2 amide bonds. The second-order valence-corrected chi connectivity index (χ2v) is 7.24. The Bertz CT molecular complexity index is 764. The lowest BCUT2D eigenvalue weighted by Crippen LogP contribution is -2.49. The van der Waals surface area contributed by atoms with Crippen LogP contribution in [0.2, 0.25) is 5.02 Å². The van der Waals surface area contributed by atoms with Gasteiger partial charge in [0.2, 0.25) is 11.8 Å². The van der Waals surface area contributed by atoms with E-state index in [1.165, 1.54) is 0 Å². The fourth-order valence-corrected chi connectivity index (χ4v) is 2.97. The summed E-state index contributed by atoms with van der Waals surface area (Å²) >= 11 is 6.08. The van der Waals surface area contributed by atoms with E-state index in [0.29, 0.717) is 11.6 Å². The number of nitrogens with one attached hydrogen (secondary N) is 1. The number of rotatable bonds is 8. The van der Waals surface area contributed by atoms with Gasteiger partial charge in [0.15, 0.2) is 0 Å². The van der Waals surface area contributed by atoms with Crippen molar-refractivity contribution in [1.82, 2.24) is 10.2 Å². The molecule has 0 heterocycles. The Kier molecular flexibility index (Phi) is 7.86. The standard InChI is InChI=1S/C22H27ClN2O2/c1-4-16(2)24-22(27)17(3)25(15-19-11-8-12-20(23)13-19)21(26)14-18-9-6-5-7-10-18/h5-13,16-17H,4,14-15H2,1-3H3,(H,24,27)/t16-,17-/m1/s1. The van der Waals surface area contributed by atoms with Crippen LogP contribution in [0.3, 0.4) is 0 Å². The van der Waals surface area contributed by atoms with Gasteiger partial charge in [-0.25, -0.2) is 0 Å². The Hall–Kier alpha value is -2.33. The minimum atomic E-state index is -0.575. The van der Waals surface area contributed by atoms with Crippen LogP contribution in [0.4, 0.5) is 0 Å². The Labute approximate surface area is 166 Å². The molecule has 2 aromatic rings. The molecule has 4 nitrogen and oxygen atoms in total. The molecule has 0 unspecified atom stereocenters. The van der Waals surface area contributed by atoms with Gasteiger partial charge in [-0.1, -0.05) is 61.0 Å². The van der Waals surface area contributed by atoms with Crippen LogP contribution < -0.4 is 5.32 Å². The average Bonchev–Trinajstić information content (AvgIpc) is 2.66. The van der Waals surface area contributed by atoms with Crippen LogP contribution in [0.25, 0.3) is 0 Å². The summed E-state index contributed by atoms with van der Waals surface area (Å²) < 4.78 is 0. The van der Waals surface area contributed by atoms with Crippen LogP contribution in [0.1, 0.15) is 38.3 Å². The maximum atomic E-state index is 13.0. The number of carbonyl (C=O) groups excluding carboxylic acids is 2. The molecule has 0 saturated heterocycles. The van der Waals surface area contributed by atoms with E-state index in [1.807, 2.05) is 62.4 Å². The molecule has 0 aliphatic rings. The number of carbonyl (C=O) groups is 2. The maximum Gasteiger partial charge on any atom is 0.242 e. The van der Waals surface area contributed by atoms with Gasteiger partial charge in [0.1, 0.15) is 6.04 Å². The van der Waals surface area contributed by atoms with Crippen molar-refractivity contribution in [2.45, 2.75) is 52.2 Å². The molecule has 0 aromatic heterocycles. The van der Waals surface area contributed by atoms with Crippen LogP contribution in [-0.4, -0.2) is 28.8 Å². The second-order valence-electron chi connectivity index (χ2n) is 6.81. The minimum Gasteiger partial charge on any atom is -0.352 e. The average molecular weight is 387 g/mol. The number of nitrogens with zero attached hydrogens (tertiary/aromatic N) is 1. The van der Waals surface area contributed by atoms with Crippen LogP contribution >= 0.6 is 11.6 Å². The van der Waals surface area contributed by atoms with Crippen molar-refractivity contribution in [3.8, 4) is 0 Å². The molecule has 1 N–H and O–H groups in total. The van der Waals surface area contributed by atoms with Crippen molar-refractivity contribution >= 4 is 23.4 Å². The lowest BCUT2D eigenvalue weighted by molar-refractivity contribution is -0.140. The summed E-state index contributed by atoms with van der Waals surface area (Å²) in [5.74, 6) is -0.235. The van der Waals surface area contributed by atoms with Crippen molar-refractivity contribution < 1.29 is 9.59 Å². The quantitative estimate of drug-likeness (QED) is 0.738. The molecule has 5 heteroatoms. The zero-order valence-electron chi connectivity index (χ0n) is 16.1. The summed E-state index contributed by atoms with van der Waals surface area (Å²) in [5.41, 5.74) is 1.82. The first-order valence-corrected chi connectivity index (χ1v) is 9.66. The lowest BCUT2D eigenvalue weighted by Gasteiger charge is -2.30. The topological polar surface area (TPSA) is 49.4 Å². The maximum absolute atomic E-state index is 13.0. The number of hydrogen-bond donors (Lipinski definition) is 1. The molecule has 144 valence electrons. The highest BCUT2D eigenvalue weighted by Gasteiger charge is 2.26. The van der Waals surface area contributed by atoms with Crippen LogP contribution in [0.5, 0.6) is 0 Å². The van der Waals surface area contributed by atoms with Gasteiger partial charge < -0.3 is 10.2 Å². The Morgan fingerprint density at radius 2 is 1.70 bits per heavy atom. The predicted octanol–water partition coefficient (Wildman–Crippen LogP) is 4.21. The summed E-state index contributed by atoms with van der Waals surface area (Å²) in [4.78, 5) is 27.3. The van der Waals surface area contributed by atoms with Crippen molar-refractivity contribution in [3.05, 3.63) is 70.7 Å². The highest BCUT2D eigenvalue weighted by Crippen LogP contribution is 2.16. The van der Waals surface area contributed by atoms with Crippen molar-refractivity contribution in [2.24, 2.45) is 0 Å². The molecule has 27 heavy (non-hydrogen) atoms. The SMILES string of the molecule is CC[C@@H](C)NC(=O)[C@@H](C)N(Cc1cccc(Cl)c1)C(=O)Cc1ccccc1. The van der Waals surface area contributed by atoms with E-state index < -0.39 is 6.04 Å². The number of halogens is 1. The van der Waals surface area contributed by atoms with E-state index in [-0.39, 0.29) is 24.3 Å². The van der Waals surface area contributed by atoms with Gasteiger partial charge in [0, 0.05) is 17.6 Å². The first-order valence-electron chi connectivity index (χ1n) is 9.29. The summed E-state index contributed by atoms with van der Waals surface area (Å²) in [6.45, 7) is 6.07. The molecule has 2 atom stereocenters. The highest BCUT2D eigenvalue weighted by molar-refractivity contribution is 6.30. The van der Waals surface area contributed by atoms with Gasteiger partial charge in [0.05, 0.1) is 6.42 Å². The first kappa shape index (κ1) is 21.0. The van der Waals surface area contributed by atoms with E-state index in [0.717, 1.165) is 17.5 Å². The summed E-state index contributed by atoms with van der Waals surface area (Å²) in [7, 11) is 0. The molecular formula is C22H27ClN2O2. The molecular weight excluding hydrogens is 360 g/mol. The van der Waals surface area contributed by atoms with Gasteiger partial charge in [-0.05, 0) is 43.5 Å². The summed E-state index contributed by atoms with van der Waals surface area (Å²) in [5, 5.41) is 3.58. The van der Waals surface area contributed by atoms with Crippen LogP contribution in [0, 0.1) is 0 Å². The van der Waals surface area contributed by atoms with Crippen molar-refractivity contribution in [3.63, 3.8) is 0 Å². The molecule has 0 fully saturated rings. The third-order valence-electron chi connectivity index (χ3n) is 4.61. The normalized spacial score (nSPS) is 12.9. The molecule has 2 aromatic carbocycles. The van der Waals surface area contributed by atoms with Gasteiger partial charge >= 0.3 is 0 Å². The highest BCUT2D eigenvalue weighted by atomic mass is 35.5. The van der Waals surface area contributed by atoms with E-state index >= 15 is 0 Å². The third kappa shape index (κ3) is 6.40. The summed E-state index contributed by atoms with van der Waals surface area (Å²) in [6, 6.07) is 16.4. The van der Waals surface area contributed by atoms with Gasteiger partial charge in [-0.2, -0.15) is 0 Å². The van der Waals surface area contributed by atoms with Crippen molar-refractivity contribution in [1.29, 1.82) is 0 Å². The number of benzene rings is 2. The van der Waals surface area contributed by atoms with Gasteiger partial charge in [0.25, 0.3) is 0 Å². The monoisotopic (exact) mass is 386 g/mol. The van der Waals surface area contributed by atoms with E-state index in [9.17, 15) is 9.59 Å². The predicted molar refractivity (Wildman–Crippen MR) is 110 cm³/mol. The Morgan fingerprint density at radius 3 is 2.33 bits per heavy atom. The van der Waals surface area contributed by atoms with Crippen LogP contribution in [0.15, 0.2) is 54.6 Å². The fraction of sp³-hybridized carbons (Fsp3) is 0.364. The molecule has 2 rings (SSSR count). The molecule has 0 radical (unpaired) electrons. The van der Waals surface area contributed by atoms with Gasteiger partial charge in [-0.15, -0.1) is 0 Å². The first-order chi connectivity index (χ1) is 12.9. The molecule has 0 aliphatic heterocycles. The third-order valence-corrected chi connectivity index (χ3v) is 4.84. The smallest absolute Gasteiger partial charge is 0.242 e. The zero-order chi connectivity index (χ0) is 19.8. The van der Waals surface area contributed by atoms with Gasteiger partial charge in [-0.3, -0.25) is 9.59 Å². The van der Waals surface area contributed by atoms with E-state index in [1.54, 1.807) is 17.9 Å². The minimum absolute atomic E-state index is 0.0668. The summed E-state index contributed by atoms with van der Waals surface area (Å²) in [6.07, 6.45) is 1.09. The lowest BCUT2D eigenvalue weighted by atomic mass is 10.1. The second kappa shape index (κ2) is 10.1. The van der Waals surface area contributed by atoms with Crippen LogP contribution in [-0.2, 0) is 22.6 Å².